The minimum Gasteiger partial charge on any atom is -0.484 e. The van der Waals surface area contributed by atoms with Crippen LogP contribution in [-0.2, 0) is 16.1 Å². The SMILES string of the molecule is CNC(=O)C(C)N(Cc1ccc(F)cc1)C(=O)COc1cccc(Cl)c1. The van der Waals surface area contributed by atoms with Crippen LogP contribution in [-0.4, -0.2) is 36.4 Å². The van der Waals surface area contributed by atoms with Gasteiger partial charge in [-0.1, -0.05) is 29.8 Å². The van der Waals surface area contributed by atoms with Gasteiger partial charge in [0.15, 0.2) is 6.61 Å². The average molecular weight is 379 g/mol. The van der Waals surface area contributed by atoms with Crippen molar-refractivity contribution in [2.45, 2.75) is 19.5 Å². The number of hydrogen-bond acceptors (Lipinski definition) is 3. The summed E-state index contributed by atoms with van der Waals surface area (Å²) >= 11 is 5.89. The number of carbonyl (C=O) groups excluding carboxylic acids is 2. The topological polar surface area (TPSA) is 58.6 Å². The molecule has 0 saturated carbocycles. The lowest BCUT2D eigenvalue weighted by Gasteiger charge is -2.28. The third-order valence-corrected chi connectivity index (χ3v) is 4.07. The molecule has 0 bridgehead atoms. The van der Waals surface area contributed by atoms with E-state index in [0.29, 0.717) is 16.3 Å². The summed E-state index contributed by atoms with van der Waals surface area (Å²) < 4.78 is 18.6. The van der Waals surface area contributed by atoms with Crippen molar-refractivity contribution in [2.75, 3.05) is 13.7 Å². The first-order valence-corrected chi connectivity index (χ1v) is 8.42. The average Bonchev–Trinajstić information content (AvgIpc) is 2.64. The van der Waals surface area contributed by atoms with Gasteiger partial charge in [0.2, 0.25) is 5.91 Å². The molecule has 0 aliphatic heterocycles. The number of nitrogens with zero attached hydrogens (tertiary/aromatic N) is 1. The van der Waals surface area contributed by atoms with E-state index in [2.05, 4.69) is 5.32 Å². The standard InChI is InChI=1S/C19H20ClFN2O3/c1-13(19(25)22-2)23(11-14-6-8-16(21)9-7-14)18(24)12-26-17-5-3-4-15(20)10-17/h3-10,13H,11-12H2,1-2H3,(H,22,25). The molecule has 1 atom stereocenters. The molecule has 138 valence electrons. The predicted octanol–water partition coefficient (Wildman–Crippen LogP) is 3.02. The first kappa shape index (κ1) is 19.7. The summed E-state index contributed by atoms with van der Waals surface area (Å²) in [6, 6.07) is 11.8. The first-order chi connectivity index (χ1) is 12.4. The van der Waals surface area contributed by atoms with Crippen molar-refractivity contribution in [3.63, 3.8) is 0 Å². The van der Waals surface area contributed by atoms with Crippen LogP contribution in [0.25, 0.3) is 0 Å². The minimum absolute atomic E-state index is 0.159. The van der Waals surface area contributed by atoms with Crippen molar-refractivity contribution < 1.29 is 18.7 Å². The van der Waals surface area contributed by atoms with Gasteiger partial charge in [-0.15, -0.1) is 0 Å². The fraction of sp³-hybridized carbons (Fsp3) is 0.263. The van der Waals surface area contributed by atoms with Gasteiger partial charge in [0, 0.05) is 18.6 Å². The molecule has 0 aliphatic rings. The molecule has 2 aromatic carbocycles. The molecule has 2 aromatic rings. The summed E-state index contributed by atoms with van der Waals surface area (Å²) in [5.41, 5.74) is 0.707. The largest absolute Gasteiger partial charge is 0.484 e. The lowest BCUT2D eigenvalue weighted by Crippen LogP contribution is -2.48. The Hall–Kier alpha value is -2.60. The molecule has 26 heavy (non-hydrogen) atoms. The lowest BCUT2D eigenvalue weighted by molar-refractivity contribution is -0.142. The molecular formula is C19H20ClFN2O3. The van der Waals surface area contributed by atoms with E-state index in [1.54, 1.807) is 43.3 Å². The fourth-order valence-corrected chi connectivity index (χ4v) is 2.54. The molecule has 0 aromatic heterocycles. The van der Waals surface area contributed by atoms with Gasteiger partial charge in [-0.25, -0.2) is 4.39 Å². The van der Waals surface area contributed by atoms with Crippen LogP contribution in [0.4, 0.5) is 4.39 Å². The van der Waals surface area contributed by atoms with Crippen LogP contribution in [0.3, 0.4) is 0 Å². The van der Waals surface area contributed by atoms with Crippen LogP contribution in [0, 0.1) is 5.82 Å². The Morgan fingerprint density at radius 2 is 1.92 bits per heavy atom. The van der Waals surface area contributed by atoms with Crippen LogP contribution in [0.1, 0.15) is 12.5 Å². The molecule has 0 aliphatic carbocycles. The highest BCUT2D eigenvalue weighted by Crippen LogP contribution is 2.18. The van der Waals surface area contributed by atoms with Crippen molar-refractivity contribution in [3.05, 3.63) is 64.9 Å². The summed E-state index contributed by atoms with van der Waals surface area (Å²) in [6.07, 6.45) is 0. The van der Waals surface area contributed by atoms with E-state index in [4.69, 9.17) is 16.3 Å². The monoisotopic (exact) mass is 378 g/mol. The summed E-state index contributed by atoms with van der Waals surface area (Å²) in [6.45, 7) is 1.54. The van der Waals surface area contributed by atoms with Gasteiger partial charge in [0.1, 0.15) is 17.6 Å². The zero-order valence-electron chi connectivity index (χ0n) is 14.5. The van der Waals surface area contributed by atoms with Crippen molar-refractivity contribution in [1.82, 2.24) is 10.2 Å². The number of likely N-dealkylation sites (N-methyl/N-ethyl adjacent to an activating group) is 1. The Morgan fingerprint density at radius 1 is 1.23 bits per heavy atom. The second kappa shape index (κ2) is 9.20. The highest BCUT2D eigenvalue weighted by Gasteiger charge is 2.25. The van der Waals surface area contributed by atoms with Gasteiger partial charge < -0.3 is 15.0 Å². The van der Waals surface area contributed by atoms with Gasteiger partial charge >= 0.3 is 0 Å². The van der Waals surface area contributed by atoms with Crippen LogP contribution in [0.15, 0.2) is 48.5 Å². The minimum atomic E-state index is -0.708. The fourth-order valence-electron chi connectivity index (χ4n) is 2.36. The lowest BCUT2D eigenvalue weighted by atomic mass is 10.1. The van der Waals surface area contributed by atoms with Crippen molar-refractivity contribution in [1.29, 1.82) is 0 Å². The van der Waals surface area contributed by atoms with E-state index in [1.807, 2.05) is 0 Å². The van der Waals surface area contributed by atoms with Crippen LogP contribution in [0.5, 0.6) is 5.75 Å². The van der Waals surface area contributed by atoms with E-state index in [1.165, 1.54) is 24.1 Å². The van der Waals surface area contributed by atoms with Crippen molar-refractivity contribution >= 4 is 23.4 Å². The number of ether oxygens (including phenoxy) is 1. The van der Waals surface area contributed by atoms with Gasteiger partial charge in [-0.2, -0.15) is 0 Å². The van der Waals surface area contributed by atoms with Crippen molar-refractivity contribution in [3.8, 4) is 5.75 Å². The maximum absolute atomic E-state index is 13.1. The molecule has 0 spiro atoms. The van der Waals surface area contributed by atoms with Crippen LogP contribution < -0.4 is 10.1 Å². The van der Waals surface area contributed by atoms with E-state index in [-0.39, 0.29) is 30.8 Å². The van der Waals surface area contributed by atoms with Gasteiger partial charge in [-0.05, 0) is 42.8 Å². The number of nitrogens with one attached hydrogen (secondary N) is 1. The number of amides is 2. The summed E-state index contributed by atoms with van der Waals surface area (Å²) in [4.78, 5) is 26.0. The first-order valence-electron chi connectivity index (χ1n) is 8.04. The van der Waals surface area contributed by atoms with Gasteiger partial charge in [0.25, 0.3) is 5.91 Å². The molecule has 2 amide bonds. The third-order valence-electron chi connectivity index (χ3n) is 3.84. The van der Waals surface area contributed by atoms with E-state index >= 15 is 0 Å². The number of rotatable bonds is 7. The van der Waals surface area contributed by atoms with E-state index in [0.717, 1.165) is 0 Å². The zero-order valence-corrected chi connectivity index (χ0v) is 15.3. The zero-order chi connectivity index (χ0) is 19.1. The number of carbonyl (C=O) groups is 2. The number of hydrogen-bond donors (Lipinski definition) is 1. The quantitative estimate of drug-likeness (QED) is 0.805. The molecule has 7 heteroatoms. The Kier molecular flexibility index (Phi) is 6.97. The van der Waals surface area contributed by atoms with E-state index < -0.39 is 6.04 Å². The molecule has 0 heterocycles. The molecular weight excluding hydrogens is 359 g/mol. The Morgan fingerprint density at radius 3 is 2.54 bits per heavy atom. The van der Waals surface area contributed by atoms with Gasteiger partial charge in [0.05, 0.1) is 0 Å². The molecule has 0 fully saturated rings. The second-order valence-electron chi connectivity index (χ2n) is 5.68. The Bertz CT molecular complexity index is 768. The summed E-state index contributed by atoms with van der Waals surface area (Å²) in [5, 5.41) is 3.02. The highest BCUT2D eigenvalue weighted by molar-refractivity contribution is 6.30. The van der Waals surface area contributed by atoms with Crippen LogP contribution >= 0.6 is 11.6 Å². The Labute approximate surface area is 156 Å². The maximum Gasteiger partial charge on any atom is 0.261 e. The van der Waals surface area contributed by atoms with Crippen molar-refractivity contribution in [2.24, 2.45) is 0 Å². The number of halogens is 2. The highest BCUT2D eigenvalue weighted by atomic mass is 35.5. The van der Waals surface area contributed by atoms with E-state index in [9.17, 15) is 14.0 Å². The third kappa shape index (κ3) is 5.46. The normalized spacial score (nSPS) is 11.5. The predicted molar refractivity (Wildman–Crippen MR) is 97.4 cm³/mol. The smallest absolute Gasteiger partial charge is 0.261 e. The maximum atomic E-state index is 13.1. The molecule has 5 nitrogen and oxygen atoms in total. The Balaban J connectivity index is 2.12. The number of benzene rings is 2. The van der Waals surface area contributed by atoms with Gasteiger partial charge in [-0.3, -0.25) is 9.59 Å². The molecule has 0 saturated heterocycles. The molecule has 0 radical (unpaired) electrons. The van der Waals surface area contributed by atoms with Crippen LogP contribution in [0.2, 0.25) is 5.02 Å². The molecule has 1 N–H and O–H groups in total. The summed E-state index contributed by atoms with van der Waals surface area (Å²) in [7, 11) is 1.50. The molecule has 2 rings (SSSR count). The second-order valence-corrected chi connectivity index (χ2v) is 6.12. The molecule has 1 unspecified atom stereocenters. The summed E-state index contributed by atoms with van der Waals surface area (Å²) in [5.74, 6) is -0.580.